The van der Waals surface area contributed by atoms with Gasteiger partial charge in [0, 0.05) is 19.0 Å². The van der Waals surface area contributed by atoms with Gasteiger partial charge in [-0.05, 0) is 38.6 Å². The van der Waals surface area contributed by atoms with Crippen LogP contribution in [0, 0.1) is 0 Å². The molecule has 0 bridgehead atoms. The summed E-state index contributed by atoms with van der Waals surface area (Å²) >= 11 is 0. The summed E-state index contributed by atoms with van der Waals surface area (Å²) in [7, 11) is 0. The van der Waals surface area contributed by atoms with Crippen LogP contribution in [-0.4, -0.2) is 37.0 Å². The summed E-state index contributed by atoms with van der Waals surface area (Å²) in [5, 5.41) is 9.05. The van der Waals surface area contributed by atoms with Gasteiger partial charge in [-0.2, -0.15) is 0 Å². The maximum atomic E-state index is 11.8. The Morgan fingerprint density at radius 3 is 2.58 bits per heavy atom. The summed E-state index contributed by atoms with van der Waals surface area (Å²) in [6.07, 6.45) is 6.67. The van der Waals surface area contributed by atoms with E-state index < -0.39 is 0 Å². The van der Waals surface area contributed by atoms with Crippen molar-refractivity contribution >= 4 is 24.2 Å². The number of hydrogen-bond donors (Lipinski definition) is 3. The van der Waals surface area contributed by atoms with E-state index in [0.29, 0.717) is 19.0 Å². The summed E-state index contributed by atoms with van der Waals surface area (Å²) in [5.74, 6) is 0.194. The third-order valence-corrected chi connectivity index (χ3v) is 3.45. The Balaban J connectivity index is 0.00000180. The predicted molar refractivity (Wildman–Crippen MR) is 76.3 cm³/mol. The van der Waals surface area contributed by atoms with Gasteiger partial charge in [0.2, 0.25) is 11.8 Å². The minimum absolute atomic E-state index is 0. The highest BCUT2D eigenvalue weighted by Crippen LogP contribution is 2.18. The number of carbonyl (C=O) groups excluding carboxylic acids is 2. The van der Waals surface area contributed by atoms with Crippen molar-refractivity contribution in [3.63, 3.8) is 0 Å². The van der Waals surface area contributed by atoms with Crippen molar-refractivity contribution in [3.8, 4) is 0 Å². The molecule has 5 nitrogen and oxygen atoms in total. The van der Waals surface area contributed by atoms with Crippen LogP contribution in [0.3, 0.4) is 0 Å². The molecule has 1 aliphatic carbocycles. The number of piperidine rings is 1. The van der Waals surface area contributed by atoms with Gasteiger partial charge >= 0.3 is 0 Å². The molecule has 1 atom stereocenters. The second kappa shape index (κ2) is 8.38. The molecule has 2 rings (SSSR count). The highest BCUT2D eigenvalue weighted by atomic mass is 35.5. The normalized spacial score (nSPS) is 22.2. The SMILES string of the molecule is Cl.O=C(CCCNC(=O)C1CCCCN1)NC1CC1. The molecule has 2 amide bonds. The van der Waals surface area contributed by atoms with Crippen LogP contribution in [0.25, 0.3) is 0 Å². The van der Waals surface area contributed by atoms with Gasteiger partial charge in [0.25, 0.3) is 0 Å². The van der Waals surface area contributed by atoms with E-state index in [1.165, 1.54) is 0 Å². The number of rotatable bonds is 6. The molecule has 1 heterocycles. The zero-order chi connectivity index (χ0) is 12.8. The van der Waals surface area contributed by atoms with Crippen LogP contribution in [-0.2, 0) is 9.59 Å². The second-order valence-corrected chi connectivity index (χ2v) is 5.24. The van der Waals surface area contributed by atoms with Gasteiger partial charge in [0.15, 0.2) is 0 Å². The standard InChI is InChI=1S/C13H23N3O2.ClH/c17-12(16-10-6-7-10)5-3-9-15-13(18)11-4-1-2-8-14-11;/h10-11,14H,1-9H2,(H,15,18)(H,16,17);1H. The van der Waals surface area contributed by atoms with Crippen LogP contribution >= 0.6 is 12.4 Å². The summed E-state index contributed by atoms with van der Waals surface area (Å²) in [6.45, 7) is 1.52. The highest BCUT2D eigenvalue weighted by Gasteiger charge is 2.23. The quantitative estimate of drug-likeness (QED) is 0.631. The summed E-state index contributed by atoms with van der Waals surface area (Å²) < 4.78 is 0. The van der Waals surface area contributed by atoms with Crippen molar-refractivity contribution < 1.29 is 9.59 Å². The molecule has 0 radical (unpaired) electrons. The number of amides is 2. The molecule has 0 aromatic heterocycles. The van der Waals surface area contributed by atoms with Crippen LogP contribution < -0.4 is 16.0 Å². The van der Waals surface area contributed by atoms with Gasteiger partial charge in [-0.1, -0.05) is 6.42 Å². The first-order valence-corrected chi connectivity index (χ1v) is 7.06. The Morgan fingerprint density at radius 1 is 1.16 bits per heavy atom. The molecule has 0 aromatic carbocycles. The Bertz CT molecular complexity index is 302. The van der Waals surface area contributed by atoms with E-state index in [4.69, 9.17) is 0 Å². The zero-order valence-electron chi connectivity index (χ0n) is 11.2. The van der Waals surface area contributed by atoms with Gasteiger partial charge in [-0.3, -0.25) is 9.59 Å². The van der Waals surface area contributed by atoms with E-state index >= 15 is 0 Å². The Hall–Kier alpha value is -0.810. The molecule has 0 aromatic rings. The first-order valence-electron chi connectivity index (χ1n) is 7.06. The van der Waals surface area contributed by atoms with Gasteiger partial charge in [0.1, 0.15) is 0 Å². The third kappa shape index (κ3) is 6.25. The van der Waals surface area contributed by atoms with Crippen molar-refractivity contribution in [2.75, 3.05) is 13.1 Å². The number of carbonyl (C=O) groups is 2. The van der Waals surface area contributed by atoms with Crippen LogP contribution in [0.2, 0.25) is 0 Å². The molecule has 6 heteroatoms. The molecule has 2 fully saturated rings. The lowest BCUT2D eigenvalue weighted by atomic mass is 10.0. The minimum atomic E-state index is -0.0287. The van der Waals surface area contributed by atoms with E-state index in [0.717, 1.165) is 45.1 Å². The number of nitrogens with one attached hydrogen (secondary N) is 3. The van der Waals surface area contributed by atoms with Crippen molar-refractivity contribution in [2.24, 2.45) is 0 Å². The molecule has 1 unspecified atom stereocenters. The highest BCUT2D eigenvalue weighted by molar-refractivity contribution is 5.85. The third-order valence-electron chi connectivity index (χ3n) is 3.45. The summed E-state index contributed by atoms with van der Waals surface area (Å²) in [5.41, 5.74) is 0. The average molecular weight is 290 g/mol. The van der Waals surface area contributed by atoms with Gasteiger partial charge < -0.3 is 16.0 Å². The minimum Gasteiger partial charge on any atom is -0.355 e. The van der Waals surface area contributed by atoms with Crippen LogP contribution in [0.15, 0.2) is 0 Å². The fraction of sp³-hybridized carbons (Fsp3) is 0.846. The second-order valence-electron chi connectivity index (χ2n) is 5.24. The van der Waals surface area contributed by atoms with E-state index in [2.05, 4.69) is 16.0 Å². The average Bonchev–Trinajstić information content (AvgIpc) is 3.19. The fourth-order valence-corrected chi connectivity index (χ4v) is 2.19. The maximum absolute atomic E-state index is 11.8. The lowest BCUT2D eigenvalue weighted by Gasteiger charge is -2.22. The van der Waals surface area contributed by atoms with E-state index in [-0.39, 0.29) is 30.3 Å². The lowest BCUT2D eigenvalue weighted by molar-refractivity contribution is -0.124. The maximum Gasteiger partial charge on any atom is 0.237 e. The predicted octanol–water partition coefficient (Wildman–Crippen LogP) is 0.725. The van der Waals surface area contributed by atoms with Crippen molar-refractivity contribution in [3.05, 3.63) is 0 Å². The Labute approximate surface area is 120 Å². The van der Waals surface area contributed by atoms with Crippen molar-refractivity contribution in [1.29, 1.82) is 0 Å². The molecule has 1 saturated heterocycles. The molecule has 1 aliphatic heterocycles. The number of hydrogen-bond acceptors (Lipinski definition) is 3. The monoisotopic (exact) mass is 289 g/mol. The zero-order valence-corrected chi connectivity index (χ0v) is 12.1. The van der Waals surface area contributed by atoms with E-state index in [1.54, 1.807) is 0 Å². The van der Waals surface area contributed by atoms with Crippen LogP contribution in [0.5, 0.6) is 0 Å². The Morgan fingerprint density at radius 2 is 1.95 bits per heavy atom. The van der Waals surface area contributed by atoms with Crippen molar-refractivity contribution in [2.45, 2.75) is 57.0 Å². The van der Waals surface area contributed by atoms with Crippen LogP contribution in [0.1, 0.15) is 44.9 Å². The topological polar surface area (TPSA) is 70.2 Å². The fourth-order valence-electron chi connectivity index (χ4n) is 2.19. The van der Waals surface area contributed by atoms with Gasteiger partial charge in [-0.15, -0.1) is 12.4 Å². The molecular weight excluding hydrogens is 266 g/mol. The van der Waals surface area contributed by atoms with E-state index in [1.807, 2.05) is 0 Å². The summed E-state index contributed by atoms with van der Waals surface area (Å²) in [4.78, 5) is 23.2. The molecular formula is C13H24ClN3O2. The summed E-state index contributed by atoms with van der Waals surface area (Å²) in [6, 6.07) is 0.401. The molecule has 2 aliphatic rings. The molecule has 1 saturated carbocycles. The first kappa shape index (κ1) is 16.2. The largest absolute Gasteiger partial charge is 0.355 e. The van der Waals surface area contributed by atoms with Gasteiger partial charge in [-0.25, -0.2) is 0 Å². The number of halogens is 1. The molecule has 19 heavy (non-hydrogen) atoms. The lowest BCUT2D eigenvalue weighted by Crippen LogP contribution is -2.46. The van der Waals surface area contributed by atoms with Crippen LogP contribution in [0.4, 0.5) is 0 Å². The molecule has 3 N–H and O–H groups in total. The van der Waals surface area contributed by atoms with Gasteiger partial charge in [0.05, 0.1) is 6.04 Å². The Kier molecular flexibility index (Phi) is 7.16. The smallest absolute Gasteiger partial charge is 0.237 e. The molecule has 110 valence electrons. The molecule has 0 spiro atoms. The van der Waals surface area contributed by atoms with E-state index in [9.17, 15) is 9.59 Å². The first-order chi connectivity index (χ1) is 8.75. The van der Waals surface area contributed by atoms with Crippen molar-refractivity contribution in [1.82, 2.24) is 16.0 Å².